The number of aryl methyl sites for hydroxylation is 2. The lowest BCUT2D eigenvalue weighted by atomic mass is 10.00. The number of H-pyrrole nitrogens is 1. The Balaban J connectivity index is 1.52. The molecule has 3 heterocycles. The zero-order chi connectivity index (χ0) is 18.1. The highest BCUT2D eigenvalue weighted by molar-refractivity contribution is 5.78. The number of imidazole rings is 1. The Bertz CT molecular complexity index is 874. The van der Waals surface area contributed by atoms with Crippen LogP contribution in [-0.4, -0.2) is 32.5 Å². The molecule has 1 saturated heterocycles. The molecule has 3 aromatic rings. The number of benzene rings is 1. The third kappa shape index (κ3) is 3.11. The summed E-state index contributed by atoms with van der Waals surface area (Å²) in [4.78, 5) is 23.1. The van der Waals surface area contributed by atoms with E-state index in [2.05, 4.69) is 10.1 Å². The average Bonchev–Trinajstić information content (AvgIpc) is 3.23. The van der Waals surface area contributed by atoms with E-state index in [0.717, 1.165) is 59.7 Å². The van der Waals surface area contributed by atoms with Crippen molar-refractivity contribution in [2.45, 2.75) is 52.0 Å². The molecule has 6 nitrogen and oxygen atoms in total. The number of fused-ring (bicyclic) bond motifs is 1. The van der Waals surface area contributed by atoms with E-state index in [9.17, 15) is 4.79 Å². The fourth-order valence-electron chi connectivity index (χ4n) is 3.88. The van der Waals surface area contributed by atoms with Crippen molar-refractivity contribution in [1.82, 2.24) is 20.0 Å². The number of carbonyl (C=O) groups is 1. The standard InChI is InChI=1S/C20H24N4O2/c1-13-15(14(2)26-23-13)10-11-19(25)24-12-6-5-9-18(24)20-21-16-7-3-4-8-17(16)22-20/h3-4,7-8,18H,5-6,9-12H2,1-2H3,(H,21,22)/t18-/m0/s1. The molecular formula is C20H24N4O2. The molecule has 1 aromatic carbocycles. The average molecular weight is 352 g/mol. The number of carbonyl (C=O) groups excluding carboxylic acids is 1. The van der Waals surface area contributed by atoms with E-state index in [0.29, 0.717) is 12.8 Å². The highest BCUT2D eigenvalue weighted by Gasteiger charge is 2.30. The van der Waals surface area contributed by atoms with E-state index in [1.807, 2.05) is 43.0 Å². The van der Waals surface area contributed by atoms with Crippen LogP contribution in [-0.2, 0) is 11.2 Å². The van der Waals surface area contributed by atoms with Crippen molar-refractivity contribution in [3.8, 4) is 0 Å². The summed E-state index contributed by atoms with van der Waals surface area (Å²) in [6.07, 6.45) is 4.27. The van der Waals surface area contributed by atoms with Gasteiger partial charge in [0.05, 0.1) is 22.8 Å². The Morgan fingerprint density at radius 2 is 2.15 bits per heavy atom. The first kappa shape index (κ1) is 16.8. The second kappa shape index (κ2) is 6.94. The van der Waals surface area contributed by atoms with Crippen LogP contribution in [0.4, 0.5) is 0 Å². The Labute approximate surface area is 152 Å². The third-order valence-corrected chi connectivity index (χ3v) is 5.32. The number of amides is 1. The smallest absolute Gasteiger partial charge is 0.223 e. The maximum atomic E-state index is 12.9. The normalized spacial score (nSPS) is 17.8. The fourth-order valence-corrected chi connectivity index (χ4v) is 3.88. The molecule has 0 radical (unpaired) electrons. The van der Waals surface area contributed by atoms with Crippen LogP contribution in [0.25, 0.3) is 11.0 Å². The van der Waals surface area contributed by atoms with Crippen LogP contribution in [0.3, 0.4) is 0 Å². The number of aromatic amines is 1. The van der Waals surface area contributed by atoms with Crippen molar-refractivity contribution in [3.63, 3.8) is 0 Å². The number of rotatable bonds is 4. The van der Waals surface area contributed by atoms with Crippen LogP contribution in [0.5, 0.6) is 0 Å². The number of piperidine rings is 1. The SMILES string of the molecule is Cc1noc(C)c1CCC(=O)N1CCCC[C@H]1c1nc2ccccc2[nH]1. The van der Waals surface area contributed by atoms with Crippen LogP contribution in [0.1, 0.15) is 54.6 Å². The van der Waals surface area contributed by atoms with Gasteiger partial charge in [-0.25, -0.2) is 4.98 Å². The van der Waals surface area contributed by atoms with E-state index >= 15 is 0 Å². The van der Waals surface area contributed by atoms with Crippen molar-refractivity contribution in [2.24, 2.45) is 0 Å². The predicted molar refractivity (Wildman–Crippen MR) is 98.7 cm³/mol. The maximum absolute atomic E-state index is 12.9. The molecular weight excluding hydrogens is 328 g/mol. The summed E-state index contributed by atoms with van der Waals surface area (Å²) in [5, 5.41) is 3.98. The largest absolute Gasteiger partial charge is 0.361 e. The van der Waals surface area contributed by atoms with Gasteiger partial charge in [-0.3, -0.25) is 4.79 Å². The fraction of sp³-hybridized carbons (Fsp3) is 0.450. The Hall–Kier alpha value is -2.63. The highest BCUT2D eigenvalue weighted by atomic mass is 16.5. The number of hydrogen-bond donors (Lipinski definition) is 1. The first-order valence-electron chi connectivity index (χ1n) is 9.29. The molecule has 1 amide bonds. The number of likely N-dealkylation sites (tertiary alicyclic amines) is 1. The second-order valence-electron chi connectivity index (χ2n) is 7.04. The van der Waals surface area contributed by atoms with Crippen molar-refractivity contribution in [3.05, 3.63) is 47.1 Å². The van der Waals surface area contributed by atoms with Crippen LogP contribution in [0, 0.1) is 13.8 Å². The second-order valence-corrected chi connectivity index (χ2v) is 7.04. The molecule has 6 heteroatoms. The molecule has 0 spiro atoms. The van der Waals surface area contributed by atoms with Crippen LogP contribution in [0.2, 0.25) is 0 Å². The first-order valence-corrected chi connectivity index (χ1v) is 9.29. The summed E-state index contributed by atoms with van der Waals surface area (Å²) in [7, 11) is 0. The zero-order valence-electron chi connectivity index (χ0n) is 15.3. The predicted octanol–water partition coefficient (Wildman–Crippen LogP) is 3.85. The lowest BCUT2D eigenvalue weighted by Gasteiger charge is -2.34. The summed E-state index contributed by atoms with van der Waals surface area (Å²) < 4.78 is 5.21. The number of para-hydroxylation sites is 2. The topological polar surface area (TPSA) is 75.0 Å². The molecule has 26 heavy (non-hydrogen) atoms. The summed E-state index contributed by atoms with van der Waals surface area (Å²) >= 11 is 0. The lowest BCUT2D eigenvalue weighted by molar-refractivity contribution is -0.135. The number of nitrogens with one attached hydrogen (secondary N) is 1. The monoisotopic (exact) mass is 352 g/mol. The van der Waals surface area contributed by atoms with Crippen molar-refractivity contribution < 1.29 is 9.32 Å². The molecule has 0 saturated carbocycles. The van der Waals surface area contributed by atoms with Crippen molar-refractivity contribution >= 4 is 16.9 Å². The summed E-state index contributed by atoms with van der Waals surface area (Å²) in [6, 6.07) is 8.05. The van der Waals surface area contributed by atoms with Gasteiger partial charge in [-0.1, -0.05) is 17.3 Å². The molecule has 0 unspecified atom stereocenters. The van der Waals surface area contributed by atoms with Gasteiger partial charge < -0.3 is 14.4 Å². The van der Waals surface area contributed by atoms with Crippen molar-refractivity contribution in [2.75, 3.05) is 6.54 Å². The molecule has 1 atom stereocenters. The summed E-state index contributed by atoms with van der Waals surface area (Å²) in [5.41, 5.74) is 3.91. The molecule has 1 fully saturated rings. The number of hydrogen-bond acceptors (Lipinski definition) is 4. The van der Waals surface area contributed by atoms with Crippen LogP contribution in [0.15, 0.2) is 28.8 Å². The molecule has 1 aliphatic heterocycles. The van der Waals surface area contributed by atoms with E-state index < -0.39 is 0 Å². The zero-order valence-corrected chi connectivity index (χ0v) is 15.3. The van der Waals surface area contributed by atoms with Gasteiger partial charge in [0, 0.05) is 18.5 Å². The highest BCUT2D eigenvalue weighted by Crippen LogP contribution is 2.31. The van der Waals surface area contributed by atoms with E-state index in [1.54, 1.807) is 0 Å². The Kier molecular flexibility index (Phi) is 4.49. The quantitative estimate of drug-likeness (QED) is 0.774. The van der Waals surface area contributed by atoms with Crippen molar-refractivity contribution in [1.29, 1.82) is 0 Å². The third-order valence-electron chi connectivity index (χ3n) is 5.32. The van der Waals surface area contributed by atoms with E-state index in [-0.39, 0.29) is 11.9 Å². The lowest BCUT2D eigenvalue weighted by Crippen LogP contribution is -2.39. The minimum Gasteiger partial charge on any atom is -0.361 e. The Morgan fingerprint density at radius 3 is 2.92 bits per heavy atom. The van der Waals surface area contributed by atoms with Gasteiger partial charge in [0.2, 0.25) is 5.91 Å². The van der Waals surface area contributed by atoms with Gasteiger partial charge in [-0.15, -0.1) is 0 Å². The van der Waals surface area contributed by atoms with Gasteiger partial charge in [-0.05, 0) is 51.7 Å². The Morgan fingerprint density at radius 1 is 1.31 bits per heavy atom. The molecule has 0 bridgehead atoms. The molecule has 4 rings (SSSR count). The van der Waals surface area contributed by atoms with Gasteiger partial charge in [0.1, 0.15) is 11.6 Å². The molecule has 0 aliphatic carbocycles. The van der Waals surface area contributed by atoms with Gasteiger partial charge >= 0.3 is 0 Å². The van der Waals surface area contributed by atoms with Crippen LogP contribution >= 0.6 is 0 Å². The van der Waals surface area contributed by atoms with Gasteiger partial charge in [0.25, 0.3) is 0 Å². The van der Waals surface area contributed by atoms with Gasteiger partial charge in [0.15, 0.2) is 0 Å². The minimum atomic E-state index is 0.0355. The first-order chi connectivity index (χ1) is 12.6. The molecule has 136 valence electrons. The molecule has 2 aromatic heterocycles. The van der Waals surface area contributed by atoms with E-state index in [4.69, 9.17) is 9.51 Å². The minimum absolute atomic E-state index is 0.0355. The van der Waals surface area contributed by atoms with E-state index in [1.165, 1.54) is 0 Å². The molecule has 1 aliphatic rings. The van der Waals surface area contributed by atoms with Gasteiger partial charge in [-0.2, -0.15) is 0 Å². The summed E-state index contributed by atoms with van der Waals surface area (Å²) in [6.45, 7) is 4.62. The number of nitrogens with zero attached hydrogens (tertiary/aromatic N) is 3. The maximum Gasteiger partial charge on any atom is 0.223 e. The summed E-state index contributed by atoms with van der Waals surface area (Å²) in [5.74, 6) is 1.88. The number of aromatic nitrogens is 3. The van der Waals surface area contributed by atoms with Crippen LogP contribution < -0.4 is 0 Å². The molecule has 1 N–H and O–H groups in total.